The van der Waals surface area contributed by atoms with Crippen molar-refractivity contribution < 1.29 is 39.6 Å². The Balaban J connectivity index is 1.41. The molecule has 0 saturated carbocycles. The number of para-hydroxylation sites is 2. The topological polar surface area (TPSA) is 149 Å². The molecule has 11 heteroatoms. The SMILES string of the molecule is [2H]N(C(=O)C1(C)Oc2ccccc2NC1=O)[C@@H](C)C(=O)N[C@@H](CCC(=O)OCc1ccccc1)C(=O)OCc1ccccc1. The van der Waals surface area contributed by atoms with E-state index in [1.165, 1.54) is 13.8 Å². The van der Waals surface area contributed by atoms with Crippen molar-refractivity contribution in [2.75, 3.05) is 5.32 Å². The normalized spacial score (nSPS) is 17.1. The van der Waals surface area contributed by atoms with Gasteiger partial charge in [-0.2, -0.15) is 0 Å². The molecule has 1 aliphatic rings. The summed E-state index contributed by atoms with van der Waals surface area (Å²) in [4.78, 5) is 64.8. The Morgan fingerprint density at radius 3 is 2.14 bits per heavy atom. The minimum absolute atomic E-state index is 0.0427. The first kappa shape index (κ1) is 29.3. The minimum atomic E-state index is -2.12. The number of hydrogen-bond donors (Lipinski definition) is 3. The lowest BCUT2D eigenvalue weighted by molar-refractivity contribution is -0.150. The molecule has 1 heterocycles. The molecule has 1 unspecified atom stereocenters. The van der Waals surface area contributed by atoms with Gasteiger partial charge in [0, 0.05) is 6.42 Å². The highest BCUT2D eigenvalue weighted by Crippen LogP contribution is 2.33. The van der Waals surface area contributed by atoms with Crippen LogP contribution >= 0.6 is 0 Å². The summed E-state index contributed by atoms with van der Waals surface area (Å²) in [5.41, 5.74) is -0.259. The van der Waals surface area contributed by atoms with Crippen LogP contribution < -0.4 is 20.7 Å². The zero-order valence-corrected chi connectivity index (χ0v) is 23.8. The molecule has 43 heavy (non-hydrogen) atoms. The van der Waals surface area contributed by atoms with Gasteiger partial charge in [-0.15, -0.1) is 0 Å². The summed E-state index contributed by atoms with van der Waals surface area (Å²) < 4.78 is 24.7. The Kier molecular flexibility index (Phi) is 9.63. The molecule has 4 rings (SSSR count). The minimum Gasteiger partial charge on any atom is -0.466 e. The monoisotopic (exact) mass is 588 g/mol. The predicted molar refractivity (Wildman–Crippen MR) is 155 cm³/mol. The number of amides is 3. The molecule has 1 aliphatic heterocycles. The van der Waals surface area contributed by atoms with Gasteiger partial charge in [0.1, 0.15) is 31.0 Å². The fraction of sp³-hybridized carbons (Fsp3) is 0.281. The molecule has 3 amide bonds. The van der Waals surface area contributed by atoms with E-state index in [-0.39, 0.29) is 31.8 Å². The fourth-order valence-electron chi connectivity index (χ4n) is 4.11. The van der Waals surface area contributed by atoms with Gasteiger partial charge in [0.2, 0.25) is 5.91 Å². The van der Waals surface area contributed by atoms with Gasteiger partial charge >= 0.3 is 11.9 Å². The van der Waals surface area contributed by atoms with E-state index in [2.05, 4.69) is 10.6 Å². The van der Waals surface area contributed by atoms with Gasteiger partial charge in [-0.05, 0) is 43.5 Å². The van der Waals surface area contributed by atoms with Gasteiger partial charge < -0.3 is 30.2 Å². The van der Waals surface area contributed by atoms with Crippen LogP contribution in [-0.2, 0) is 46.7 Å². The summed E-state index contributed by atoms with van der Waals surface area (Å²) in [7, 11) is 0. The highest BCUT2D eigenvalue weighted by atomic mass is 16.5. The Hall–Kier alpha value is -5.19. The molecule has 0 aliphatic carbocycles. The van der Waals surface area contributed by atoms with E-state index in [1.54, 1.807) is 60.7 Å². The molecule has 3 N–H and O–H groups in total. The zero-order valence-electron chi connectivity index (χ0n) is 24.8. The van der Waals surface area contributed by atoms with Crippen molar-refractivity contribution in [1.29, 1.82) is 0 Å². The van der Waals surface area contributed by atoms with Crippen molar-refractivity contribution >= 4 is 35.3 Å². The summed E-state index contributed by atoms with van der Waals surface area (Å²) >= 11 is 0. The lowest BCUT2D eigenvalue weighted by Gasteiger charge is -2.34. The van der Waals surface area contributed by atoms with Crippen LogP contribution in [0.5, 0.6) is 5.75 Å². The van der Waals surface area contributed by atoms with Crippen LogP contribution in [0.3, 0.4) is 0 Å². The summed E-state index contributed by atoms with van der Waals surface area (Å²) in [6, 6.07) is 21.7. The average Bonchev–Trinajstić information content (AvgIpc) is 3.04. The van der Waals surface area contributed by atoms with E-state index in [1.807, 2.05) is 24.3 Å². The van der Waals surface area contributed by atoms with Gasteiger partial charge in [0.15, 0.2) is 1.41 Å². The van der Waals surface area contributed by atoms with Crippen LogP contribution in [-0.4, -0.2) is 47.3 Å². The zero-order chi connectivity index (χ0) is 31.7. The Morgan fingerprint density at radius 2 is 1.49 bits per heavy atom. The van der Waals surface area contributed by atoms with E-state index >= 15 is 0 Å². The van der Waals surface area contributed by atoms with E-state index in [0.29, 0.717) is 16.6 Å². The fourth-order valence-corrected chi connectivity index (χ4v) is 4.11. The molecule has 0 fully saturated rings. The van der Waals surface area contributed by atoms with Gasteiger partial charge in [-0.25, -0.2) is 4.79 Å². The van der Waals surface area contributed by atoms with Crippen LogP contribution in [0, 0.1) is 0 Å². The van der Waals surface area contributed by atoms with Gasteiger partial charge in [0.25, 0.3) is 17.4 Å². The Morgan fingerprint density at radius 1 is 0.907 bits per heavy atom. The van der Waals surface area contributed by atoms with Crippen LogP contribution in [0.25, 0.3) is 0 Å². The summed E-state index contributed by atoms with van der Waals surface area (Å²) in [5.74, 6) is -3.96. The quantitative estimate of drug-likeness (QED) is 0.216. The Bertz CT molecular complexity index is 1500. The first-order valence-electron chi connectivity index (χ1n) is 14.2. The Labute approximate surface area is 250 Å². The summed E-state index contributed by atoms with van der Waals surface area (Å²) in [6.45, 7) is 2.44. The third-order valence-electron chi connectivity index (χ3n) is 6.69. The molecular weight excluding hydrogens is 554 g/mol. The molecule has 3 atom stereocenters. The standard InChI is InChI=1S/C32H33N3O8/c1-21(33-30(39)32(2)31(40)35-24-15-9-10-16-26(24)43-32)28(37)34-25(29(38)42-20-23-13-7-4-8-14-23)17-18-27(36)41-19-22-11-5-3-6-12-22/h3-16,21,25H,17-20H2,1-2H3,(H,33,39)(H,34,37)(H,35,40)/t21-,25-,32?/m0/s1/i/hD. The van der Waals surface area contributed by atoms with Crippen LogP contribution in [0.2, 0.25) is 1.41 Å². The van der Waals surface area contributed by atoms with Crippen molar-refractivity contribution in [2.45, 2.75) is 57.6 Å². The average molecular weight is 589 g/mol. The number of benzene rings is 3. The molecule has 0 aromatic heterocycles. The molecule has 224 valence electrons. The lowest BCUT2D eigenvalue weighted by Crippen LogP contribution is -2.62. The third kappa shape index (κ3) is 8.19. The van der Waals surface area contributed by atoms with Crippen molar-refractivity contribution in [2.24, 2.45) is 0 Å². The first-order chi connectivity index (χ1) is 21.1. The molecule has 0 bridgehead atoms. The first-order valence-corrected chi connectivity index (χ1v) is 13.7. The molecule has 0 radical (unpaired) electrons. The van der Waals surface area contributed by atoms with Gasteiger partial charge in [0.05, 0.1) is 5.69 Å². The third-order valence-corrected chi connectivity index (χ3v) is 6.69. The largest absolute Gasteiger partial charge is 0.466 e. The van der Waals surface area contributed by atoms with Crippen molar-refractivity contribution in [1.82, 2.24) is 10.6 Å². The van der Waals surface area contributed by atoms with Crippen LogP contribution in [0.1, 0.15) is 37.8 Å². The molecule has 0 saturated heterocycles. The van der Waals surface area contributed by atoms with Crippen molar-refractivity contribution in [3.63, 3.8) is 0 Å². The number of fused-ring (bicyclic) bond motifs is 1. The van der Waals surface area contributed by atoms with E-state index < -0.39 is 47.3 Å². The van der Waals surface area contributed by atoms with Crippen molar-refractivity contribution in [3.8, 4) is 5.75 Å². The van der Waals surface area contributed by atoms with Crippen LogP contribution in [0.15, 0.2) is 84.9 Å². The molecule has 11 nitrogen and oxygen atoms in total. The second-order valence-corrected chi connectivity index (χ2v) is 10.0. The number of hydrogen-bond acceptors (Lipinski definition) is 8. The van der Waals surface area contributed by atoms with E-state index in [9.17, 15) is 24.0 Å². The smallest absolute Gasteiger partial charge is 0.328 e. The number of nitrogens with one attached hydrogen (secondary N) is 3. The number of ether oxygens (including phenoxy) is 3. The molecule has 3 aromatic rings. The van der Waals surface area contributed by atoms with Gasteiger partial charge in [-0.3, -0.25) is 19.2 Å². The van der Waals surface area contributed by atoms with E-state index in [4.69, 9.17) is 15.6 Å². The van der Waals surface area contributed by atoms with Crippen LogP contribution in [0.4, 0.5) is 5.69 Å². The highest BCUT2D eigenvalue weighted by Gasteiger charge is 2.48. The lowest BCUT2D eigenvalue weighted by atomic mass is 10.0. The maximum Gasteiger partial charge on any atom is 0.328 e. The summed E-state index contributed by atoms with van der Waals surface area (Å²) in [6.07, 6.45) is -0.382. The second kappa shape index (κ2) is 14.1. The summed E-state index contributed by atoms with van der Waals surface area (Å²) in [5, 5.41) is 5.38. The van der Waals surface area contributed by atoms with Gasteiger partial charge in [-0.1, -0.05) is 72.8 Å². The number of carbonyl (C=O) groups excluding carboxylic acids is 5. The predicted octanol–water partition coefficient (Wildman–Crippen LogP) is 3.03. The molecule has 3 aromatic carbocycles. The van der Waals surface area contributed by atoms with Crippen molar-refractivity contribution in [3.05, 3.63) is 96.1 Å². The number of carbonyl (C=O) groups is 5. The number of anilines is 1. The number of esters is 2. The van der Waals surface area contributed by atoms with E-state index in [0.717, 1.165) is 5.56 Å². The highest BCUT2D eigenvalue weighted by molar-refractivity contribution is 6.16. The molecular formula is C32H33N3O8. The maximum atomic E-state index is 13.3. The second-order valence-electron chi connectivity index (χ2n) is 10.0. The number of rotatable bonds is 12. The maximum absolute atomic E-state index is 13.3. The molecule has 0 spiro atoms.